The van der Waals surface area contributed by atoms with E-state index in [0.29, 0.717) is 0 Å². The van der Waals surface area contributed by atoms with Crippen molar-refractivity contribution in [3.63, 3.8) is 0 Å². The van der Waals surface area contributed by atoms with Crippen molar-refractivity contribution >= 4 is 11.9 Å². The van der Waals surface area contributed by atoms with Gasteiger partial charge in [-0.25, -0.2) is 4.79 Å². The van der Waals surface area contributed by atoms with E-state index in [0.717, 1.165) is 13.0 Å². The van der Waals surface area contributed by atoms with Crippen LogP contribution >= 0.6 is 0 Å². The van der Waals surface area contributed by atoms with Crippen LogP contribution in [0.2, 0.25) is 0 Å². The van der Waals surface area contributed by atoms with E-state index in [4.69, 9.17) is 15.0 Å². The number of aliphatic carboxylic acids is 2. The number of rotatable bonds is 1. The van der Waals surface area contributed by atoms with E-state index in [1.807, 2.05) is 0 Å². The van der Waals surface area contributed by atoms with E-state index in [-0.39, 0.29) is 5.48 Å². The highest BCUT2D eigenvalue weighted by Gasteiger charge is 1.76. The summed E-state index contributed by atoms with van der Waals surface area (Å²) in [6.45, 7) is 2.74. The largest absolute Gasteiger partial charge is 0.481 e. The lowest BCUT2D eigenvalue weighted by atomic mass is 10.5. The van der Waals surface area contributed by atoms with E-state index >= 15 is 0 Å². The molecule has 0 aliphatic heterocycles. The Morgan fingerprint density at radius 2 is 1.55 bits per heavy atom. The van der Waals surface area contributed by atoms with Gasteiger partial charge in [-0.05, 0) is 6.92 Å². The molecule has 0 unspecified atom stereocenters. The molecule has 0 amide bonds. The quantitative estimate of drug-likeness (QED) is 0.528. The van der Waals surface area contributed by atoms with Crippen LogP contribution < -0.4 is 0 Å². The molecule has 0 aromatic carbocycles. The average Bonchev–Trinajstić information content (AvgIpc) is 1.62. The molecule has 5 nitrogen and oxygen atoms in total. The summed E-state index contributed by atoms with van der Waals surface area (Å²) in [6.07, 6.45) is 2.56. The van der Waals surface area contributed by atoms with Crippen LogP contribution in [0.25, 0.3) is 0 Å². The predicted octanol–water partition coefficient (Wildman–Crippen LogP) is -0.0867. The molecule has 0 bridgehead atoms. The molecular formula is C6H12O5. The second kappa shape index (κ2) is 11.4. The van der Waals surface area contributed by atoms with Crippen molar-refractivity contribution in [2.24, 2.45) is 0 Å². The van der Waals surface area contributed by atoms with Crippen molar-refractivity contribution in [1.29, 1.82) is 0 Å². The van der Waals surface area contributed by atoms with Crippen molar-refractivity contribution in [3.8, 4) is 0 Å². The second-order valence-corrected chi connectivity index (χ2v) is 1.36. The van der Waals surface area contributed by atoms with Crippen LogP contribution in [0.4, 0.5) is 0 Å². The Balaban J connectivity index is -0.000000114. The number of carboxylic acids is 2. The molecule has 0 saturated heterocycles. The fraction of sp³-hybridized carbons (Fsp3) is 0.333. The monoisotopic (exact) mass is 164 g/mol. The first-order valence-corrected chi connectivity index (χ1v) is 2.55. The molecule has 0 aliphatic rings. The first kappa shape index (κ1) is 16.3. The van der Waals surface area contributed by atoms with Gasteiger partial charge < -0.3 is 15.7 Å². The average molecular weight is 164 g/mol. The normalized spacial score (nSPS) is 7.45. The highest BCUT2D eigenvalue weighted by Crippen LogP contribution is 1.65. The predicted molar refractivity (Wildman–Crippen MR) is 39.4 cm³/mol. The Labute approximate surface area is 64.3 Å². The summed E-state index contributed by atoms with van der Waals surface area (Å²) in [7, 11) is 0. The molecular weight excluding hydrogens is 152 g/mol. The summed E-state index contributed by atoms with van der Waals surface area (Å²) in [5.41, 5.74) is 0. The highest BCUT2D eigenvalue weighted by molar-refractivity contribution is 5.79. The van der Waals surface area contributed by atoms with E-state index in [1.54, 1.807) is 6.92 Å². The number of allylic oxidation sites excluding steroid dienone is 1. The maximum atomic E-state index is 9.51. The zero-order chi connectivity index (χ0) is 8.57. The van der Waals surface area contributed by atoms with Crippen molar-refractivity contribution in [1.82, 2.24) is 0 Å². The van der Waals surface area contributed by atoms with Crippen LogP contribution in [0.3, 0.4) is 0 Å². The lowest BCUT2D eigenvalue weighted by molar-refractivity contribution is -0.134. The fourth-order valence-corrected chi connectivity index (χ4v) is 0.143. The van der Waals surface area contributed by atoms with Gasteiger partial charge in [-0.3, -0.25) is 4.79 Å². The fourth-order valence-electron chi connectivity index (χ4n) is 0.143. The first-order valence-electron chi connectivity index (χ1n) is 2.55. The molecule has 0 radical (unpaired) electrons. The summed E-state index contributed by atoms with van der Waals surface area (Å²) in [5, 5.41) is 15.2. The van der Waals surface area contributed by atoms with Gasteiger partial charge >= 0.3 is 5.97 Å². The second-order valence-electron chi connectivity index (χ2n) is 1.36. The standard InChI is InChI=1S/C4H6O2.C2H4O2.H2O/c1-2-3-4(5)6;1-2(3)4;/h2-3H,1H3,(H,5,6);1H3,(H,3,4);1H2. The minimum atomic E-state index is -0.891. The van der Waals surface area contributed by atoms with Gasteiger partial charge in [-0.15, -0.1) is 0 Å². The highest BCUT2D eigenvalue weighted by atomic mass is 16.4. The maximum Gasteiger partial charge on any atom is 0.327 e. The number of hydrogen-bond donors (Lipinski definition) is 2. The van der Waals surface area contributed by atoms with Gasteiger partial charge in [0.1, 0.15) is 0 Å². The number of carbonyl (C=O) groups is 2. The maximum absolute atomic E-state index is 9.51. The van der Waals surface area contributed by atoms with Gasteiger partial charge in [-0.1, -0.05) is 6.08 Å². The first-order chi connectivity index (χ1) is 4.50. The molecule has 66 valence electrons. The molecule has 0 atom stereocenters. The molecule has 0 aromatic rings. The Bertz CT molecular complexity index is 134. The van der Waals surface area contributed by atoms with Crippen LogP contribution in [-0.4, -0.2) is 27.6 Å². The molecule has 0 rings (SSSR count). The van der Waals surface area contributed by atoms with Gasteiger partial charge in [0.25, 0.3) is 5.97 Å². The van der Waals surface area contributed by atoms with Gasteiger partial charge in [0.05, 0.1) is 0 Å². The van der Waals surface area contributed by atoms with E-state index in [1.165, 1.54) is 6.08 Å². The van der Waals surface area contributed by atoms with Crippen molar-refractivity contribution in [2.75, 3.05) is 0 Å². The van der Waals surface area contributed by atoms with Crippen LogP contribution in [0.1, 0.15) is 13.8 Å². The third kappa shape index (κ3) is 142. The van der Waals surface area contributed by atoms with Crippen LogP contribution in [0.15, 0.2) is 12.2 Å². The van der Waals surface area contributed by atoms with Crippen LogP contribution in [-0.2, 0) is 9.59 Å². The van der Waals surface area contributed by atoms with Crippen molar-refractivity contribution in [2.45, 2.75) is 13.8 Å². The van der Waals surface area contributed by atoms with Gasteiger partial charge in [0.2, 0.25) is 0 Å². The SMILES string of the molecule is CC(=O)O.CC=CC(=O)O.O. The molecule has 0 aliphatic carbocycles. The lowest BCUT2D eigenvalue weighted by Crippen LogP contribution is -1.83. The molecule has 0 saturated carbocycles. The summed E-state index contributed by atoms with van der Waals surface area (Å²) in [5.74, 6) is -1.72. The molecule has 0 aromatic heterocycles. The third-order valence-corrected chi connectivity index (χ3v) is 0.309. The lowest BCUT2D eigenvalue weighted by Gasteiger charge is -1.68. The smallest absolute Gasteiger partial charge is 0.327 e. The van der Waals surface area contributed by atoms with Crippen molar-refractivity contribution in [3.05, 3.63) is 12.2 Å². The zero-order valence-electron chi connectivity index (χ0n) is 6.37. The molecule has 0 fully saturated rings. The van der Waals surface area contributed by atoms with Crippen molar-refractivity contribution < 1.29 is 25.3 Å². The summed E-state index contributed by atoms with van der Waals surface area (Å²) in [4.78, 5) is 18.5. The molecule has 0 spiro atoms. The summed E-state index contributed by atoms with van der Waals surface area (Å²) < 4.78 is 0. The molecule has 5 heteroatoms. The van der Waals surface area contributed by atoms with Gasteiger partial charge in [0, 0.05) is 13.0 Å². The topological polar surface area (TPSA) is 106 Å². The van der Waals surface area contributed by atoms with E-state index < -0.39 is 11.9 Å². The summed E-state index contributed by atoms with van der Waals surface area (Å²) >= 11 is 0. The summed E-state index contributed by atoms with van der Waals surface area (Å²) in [6, 6.07) is 0. The Kier molecular flexibility index (Phi) is 17.0. The molecule has 4 N–H and O–H groups in total. The third-order valence-electron chi connectivity index (χ3n) is 0.309. The Morgan fingerprint density at radius 1 is 1.27 bits per heavy atom. The Morgan fingerprint density at radius 3 is 1.55 bits per heavy atom. The van der Waals surface area contributed by atoms with Crippen LogP contribution in [0, 0.1) is 0 Å². The van der Waals surface area contributed by atoms with E-state index in [9.17, 15) is 4.79 Å². The number of carboxylic acid groups (broad SMARTS) is 2. The van der Waals surface area contributed by atoms with Crippen LogP contribution in [0.5, 0.6) is 0 Å². The zero-order valence-corrected chi connectivity index (χ0v) is 6.37. The Hall–Kier alpha value is -1.36. The van der Waals surface area contributed by atoms with E-state index in [2.05, 4.69) is 0 Å². The minimum absolute atomic E-state index is 0. The minimum Gasteiger partial charge on any atom is -0.481 e. The molecule has 11 heavy (non-hydrogen) atoms. The number of hydrogen-bond acceptors (Lipinski definition) is 2. The van der Waals surface area contributed by atoms with Gasteiger partial charge in [-0.2, -0.15) is 0 Å². The van der Waals surface area contributed by atoms with Gasteiger partial charge in [0.15, 0.2) is 0 Å². The molecule has 0 heterocycles.